The number of rotatable bonds is 6. The molecule has 3 amide bonds. The van der Waals surface area contributed by atoms with Crippen LogP contribution in [0.3, 0.4) is 0 Å². The number of carbonyl (C=O) groups is 3. The summed E-state index contributed by atoms with van der Waals surface area (Å²) in [6.45, 7) is -0.565. The molecule has 1 saturated carbocycles. The molecule has 1 aliphatic carbocycles. The molecule has 0 saturated heterocycles. The zero-order chi connectivity index (χ0) is 19.9. The van der Waals surface area contributed by atoms with Gasteiger partial charge in [0.1, 0.15) is 6.07 Å². The molecule has 28 heavy (non-hydrogen) atoms. The van der Waals surface area contributed by atoms with Crippen LogP contribution in [0.1, 0.15) is 28.8 Å². The third-order valence-corrected chi connectivity index (χ3v) is 4.99. The van der Waals surface area contributed by atoms with Crippen molar-refractivity contribution in [3.8, 4) is 6.07 Å². The lowest BCUT2D eigenvalue weighted by molar-refractivity contribution is -0.123. The zero-order valence-electron chi connectivity index (χ0n) is 14.8. The fourth-order valence-electron chi connectivity index (χ4n) is 2.31. The summed E-state index contributed by atoms with van der Waals surface area (Å²) < 4.78 is 5.04. The van der Waals surface area contributed by atoms with Gasteiger partial charge in [0.15, 0.2) is 6.61 Å². The van der Waals surface area contributed by atoms with E-state index in [1.807, 2.05) is 0 Å². The van der Waals surface area contributed by atoms with E-state index in [1.54, 1.807) is 48.5 Å². The molecule has 0 heterocycles. The van der Waals surface area contributed by atoms with Gasteiger partial charge in [0.05, 0.1) is 11.1 Å². The summed E-state index contributed by atoms with van der Waals surface area (Å²) in [5.74, 6) is -1.39. The number of hydrogen-bond donors (Lipinski definition) is 2. The highest BCUT2D eigenvalue weighted by Gasteiger charge is 2.24. The fourth-order valence-corrected chi connectivity index (χ4v) is 3.33. The van der Waals surface area contributed by atoms with Crippen LogP contribution in [0.5, 0.6) is 0 Å². The molecule has 2 aromatic rings. The predicted octanol–water partition coefficient (Wildman–Crippen LogP) is 2.85. The maximum atomic E-state index is 12.4. The Labute approximate surface area is 166 Å². The molecule has 8 heteroatoms. The Morgan fingerprint density at radius 1 is 1.07 bits per heavy atom. The van der Waals surface area contributed by atoms with Crippen molar-refractivity contribution in [3.05, 3.63) is 59.7 Å². The molecule has 1 fully saturated rings. The zero-order valence-corrected chi connectivity index (χ0v) is 15.6. The molecule has 0 atom stereocenters. The number of esters is 1. The number of nitrogens with one attached hydrogen (secondary N) is 2. The first-order valence-electron chi connectivity index (χ1n) is 8.60. The third-order valence-electron chi connectivity index (χ3n) is 3.83. The fraction of sp³-hybridized carbons (Fsp3) is 0.200. The van der Waals surface area contributed by atoms with E-state index in [0.717, 1.165) is 12.8 Å². The largest absolute Gasteiger partial charge is 0.452 e. The summed E-state index contributed by atoms with van der Waals surface area (Å²) in [5.41, 5.74) is 0.771. The van der Waals surface area contributed by atoms with Crippen LogP contribution in [0, 0.1) is 11.3 Å². The number of urea groups is 1. The van der Waals surface area contributed by atoms with Crippen molar-refractivity contribution >= 4 is 29.7 Å². The Kier molecular flexibility index (Phi) is 6.29. The maximum absolute atomic E-state index is 12.4. The summed E-state index contributed by atoms with van der Waals surface area (Å²) >= 11 is 1.26. The SMILES string of the molecule is N#Cc1ccccc1Sc1ccccc1C(=O)OCC(=O)NC(=O)NC1CC1. The molecule has 0 aromatic heterocycles. The van der Waals surface area contributed by atoms with Crippen LogP contribution in [0.15, 0.2) is 58.3 Å². The summed E-state index contributed by atoms with van der Waals surface area (Å²) in [4.78, 5) is 37.0. The van der Waals surface area contributed by atoms with Crippen molar-refractivity contribution in [2.75, 3.05) is 6.61 Å². The molecule has 142 valence electrons. The second-order valence-corrected chi connectivity index (χ2v) is 7.16. The quantitative estimate of drug-likeness (QED) is 0.728. The lowest BCUT2D eigenvalue weighted by Gasteiger charge is -2.10. The van der Waals surface area contributed by atoms with Crippen LogP contribution in [0.2, 0.25) is 0 Å². The highest BCUT2D eigenvalue weighted by atomic mass is 32.2. The minimum atomic E-state index is -0.702. The van der Waals surface area contributed by atoms with Gasteiger partial charge in [0, 0.05) is 15.8 Å². The molecule has 0 spiro atoms. The number of imide groups is 1. The second kappa shape index (κ2) is 9.06. The Balaban J connectivity index is 1.61. The Bertz CT molecular complexity index is 950. The van der Waals surface area contributed by atoms with Gasteiger partial charge in [0.25, 0.3) is 5.91 Å². The highest BCUT2D eigenvalue weighted by Crippen LogP contribution is 2.32. The molecule has 2 N–H and O–H groups in total. The average molecular weight is 395 g/mol. The topological polar surface area (TPSA) is 108 Å². The molecule has 0 unspecified atom stereocenters. The number of hydrogen-bond acceptors (Lipinski definition) is 6. The van der Waals surface area contributed by atoms with Gasteiger partial charge in [-0.1, -0.05) is 36.0 Å². The lowest BCUT2D eigenvalue weighted by atomic mass is 10.2. The highest BCUT2D eigenvalue weighted by molar-refractivity contribution is 7.99. The smallest absolute Gasteiger partial charge is 0.339 e. The van der Waals surface area contributed by atoms with Gasteiger partial charge in [-0.2, -0.15) is 5.26 Å². The van der Waals surface area contributed by atoms with Gasteiger partial charge in [-0.15, -0.1) is 0 Å². The first-order chi connectivity index (χ1) is 13.6. The number of carbonyl (C=O) groups excluding carboxylic acids is 3. The van der Waals surface area contributed by atoms with Crippen LogP contribution in [-0.2, 0) is 9.53 Å². The molecule has 1 aliphatic rings. The van der Waals surface area contributed by atoms with E-state index < -0.39 is 24.5 Å². The Hall–Kier alpha value is -3.31. The summed E-state index contributed by atoms with van der Waals surface area (Å²) in [6, 6.07) is 15.5. The molecule has 0 bridgehead atoms. The first kappa shape index (κ1) is 19.5. The van der Waals surface area contributed by atoms with E-state index in [0.29, 0.717) is 15.4 Å². The predicted molar refractivity (Wildman–Crippen MR) is 102 cm³/mol. The number of nitrogens with zero attached hydrogens (tertiary/aromatic N) is 1. The van der Waals surface area contributed by atoms with Crippen LogP contribution in [0.25, 0.3) is 0 Å². The van der Waals surface area contributed by atoms with E-state index in [4.69, 9.17) is 4.74 Å². The summed E-state index contributed by atoms with van der Waals surface area (Å²) in [5, 5.41) is 13.9. The number of nitriles is 1. The molecule has 0 aliphatic heterocycles. The molecular weight excluding hydrogens is 378 g/mol. The monoisotopic (exact) mass is 395 g/mol. The maximum Gasteiger partial charge on any atom is 0.339 e. The van der Waals surface area contributed by atoms with Gasteiger partial charge >= 0.3 is 12.0 Å². The first-order valence-corrected chi connectivity index (χ1v) is 9.42. The molecule has 3 rings (SSSR count). The Morgan fingerprint density at radius 3 is 2.46 bits per heavy atom. The molecular formula is C20H17N3O4S. The average Bonchev–Trinajstić information content (AvgIpc) is 3.50. The van der Waals surface area contributed by atoms with Crippen LogP contribution < -0.4 is 10.6 Å². The second-order valence-electron chi connectivity index (χ2n) is 6.08. The van der Waals surface area contributed by atoms with E-state index in [9.17, 15) is 19.6 Å². The molecule has 0 radical (unpaired) electrons. The van der Waals surface area contributed by atoms with E-state index in [2.05, 4.69) is 16.7 Å². The molecule has 2 aromatic carbocycles. The van der Waals surface area contributed by atoms with Crippen LogP contribution in [0.4, 0.5) is 4.79 Å². The van der Waals surface area contributed by atoms with E-state index in [1.165, 1.54) is 11.8 Å². The standard InChI is InChI=1S/C20H17N3O4S/c21-11-13-5-1-3-7-16(13)28-17-8-4-2-6-15(17)19(25)27-12-18(24)23-20(26)22-14-9-10-14/h1-8,14H,9-10,12H2,(H2,22,23,24,26). The van der Waals surface area contributed by atoms with E-state index in [-0.39, 0.29) is 11.6 Å². The van der Waals surface area contributed by atoms with Crippen molar-refractivity contribution < 1.29 is 19.1 Å². The lowest BCUT2D eigenvalue weighted by Crippen LogP contribution is -2.42. The van der Waals surface area contributed by atoms with Gasteiger partial charge in [-0.3, -0.25) is 10.1 Å². The van der Waals surface area contributed by atoms with Gasteiger partial charge in [0.2, 0.25) is 0 Å². The van der Waals surface area contributed by atoms with Crippen LogP contribution in [-0.4, -0.2) is 30.6 Å². The summed E-state index contributed by atoms with van der Waals surface area (Å²) in [7, 11) is 0. The van der Waals surface area contributed by atoms with Crippen molar-refractivity contribution in [2.45, 2.75) is 28.7 Å². The normalized spacial score (nSPS) is 12.5. The van der Waals surface area contributed by atoms with Crippen molar-refractivity contribution in [1.29, 1.82) is 5.26 Å². The number of amides is 3. The number of benzene rings is 2. The van der Waals surface area contributed by atoms with E-state index >= 15 is 0 Å². The number of ether oxygens (including phenoxy) is 1. The third kappa shape index (κ3) is 5.34. The van der Waals surface area contributed by atoms with Crippen molar-refractivity contribution in [3.63, 3.8) is 0 Å². The van der Waals surface area contributed by atoms with Gasteiger partial charge in [-0.05, 0) is 37.1 Å². The van der Waals surface area contributed by atoms with Gasteiger partial charge in [-0.25, -0.2) is 9.59 Å². The van der Waals surface area contributed by atoms with Crippen molar-refractivity contribution in [1.82, 2.24) is 10.6 Å². The minimum absolute atomic E-state index is 0.121. The minimum Gasteiger partial charge on any atom is -0.452 e. The van der Waals surface area contributed by atoms with Crippen LogP contribution >= 0.6 is 11.8 Å². The molecule has 7 nitrogen and oxygen atoms in total. The Morgan fingerprint density at radius 2 is 1.75 bits per heavy atom. The van der Waals surface area contributed by atoms with Crippen molar-refractivity contribution in [2.24, 2.45) is 0 Å². The summed E-state index contributed by atoms with van der Waals surface area (Å²) in [6.07, 6.45) is 1.81. The van der Waals surface area contributed by atoms with Gasteiger partial charge < -0.3 is 10.1 Å².